The molecule has 17 heavy (non-hydrogen) atoms. The number of hydrogen-bond acceptors (Lipinski definition) is 3. The summed E-state index contributed by atoms with van der Waals surface area (Å²) in [5.74, 6) is -0.549. The maximum absolute atomic E-state index is 11.2. The van der Waals surface area contributed by atoms with E-state index >= 15 is 0 Å². The number of primary amides is 1. The third kappa shape index (κ3) is 2.15. The molecule has 1 aromatic carbocycles. The maximum Gasteiger partial charge on any atom is 0.269 e. The lowest BCUT2D eigenvalue weighted by Crippen LogP contribution is -2.17. The molecule has 1 heterocycles. The van der Waals surface area contributed by atoms with Gasteiger partial charge in [-0.3, -0.25) is 9.78 Å². The summed E-state index contributed by atoms with van der Waals surface area (Å²) in [5, 5.41) is 0. The predicted molar refractivity (Wildman–Crippen MR) is 65.5 cm³/mol. The van der Waals surface area contributed by atoms with Crippen LogP contribution in [0.4, 0.5) is 0 Å². The van der Waals surface area contributed by atoms with Crippen LogP contribution in [0.3, 0.4) is 0 Å². The highest BCUT2D eigenvalue weighted by Gasteiger charge is 2.13. The molecule has 2 aromatic rings. The first kappa shape index (κ1) is 11.3. The summed E-state index contributed by atoms with van der Waals surface area (Å²) < 4.78 is 0. The van der Waals surface area contributed by atoms with Gasteiger partial charge in [-0.1, -0.05) is 30.3 Å². The molecule has 0 saturated carbocycles. The lowest BCUT2D eigenvalue weighted by atomic mass is 10.1. The van der Waals surface area contributed by atoms with Crippen LogP contribution >= 0.6 is 0 Å². The van der Waals surface area contributed by atoms with Crippen molar-refractivity contribution in [2.45, 2.75) is 13.8 Å². The lowest BCUT2D eigenvalue weighted by Gasteiger charge is -2.08. The molecule has 0 unspecified atom stereocenters. The van der Waals surface area contributed by atoms with E-state index in [2.05, 4.69) is 9.97 Å². The van der Waals surface area contributed by atoms with E-state index in [1.165, 1.54) is 0 Å². The molecule has 0 fully saturated rings. The van der Waals surface area contributed by atoms with Gasteiger partial charge in [0.25, 0.3) is 5.91 Å². The van der Waals surface area contributed by atoms with Crippen LogP contribution in [0.5, 0.6) is 0 Å². The van der Waals surface area contributed by atoms with Gasteiger partial charge in [0.2, 0.25) is 0 Å². The Labute approximate surface area is 99.5 Å². The van der Waals surface area contributed by atoms with E-state index in [1.54, 1.807) is 6.92 Å². The molecule has 0 aliphatic rings. The monoisotopic (exact) mass is 227 g/mol. The normalized spacial score (nSPS) is 10.2. The van der Waals surface area contributed by atoms with Crippen LogP contribution in [-0.2, 0) is 0 Å². The van der Waals surface area contributed by atoms with Crippen molar-refractivity contribution in [3.05, 3.63) is 47.4 Å². The Morgan fingerprint density at radius 2 is 1.71 bits per heavy atom. The summed E-state index contributed by atoms with van der Waals surface area (Å²) in [6.45, 7) is 3.60. The van der Waals surface area contributed by atoms with Crippen molar-refractivity contribution in [1.82, 2.24) is 9.97 Å². The second-order valence-electron chi connectivity index (χ2n) is 3.82. The molecular formula is C13H13N3O. The van der Waals surface area contributed by atoms with E-state index in [1.807, 2.05) is 37.3 Å². The van der Waals surface area contributed by atoms with E-state index in [0.29, 0.717) is 11.4 Å². The molecule has 0 saturated heterocycles. The summed E-state index contributed by atoms with van der Waals surface area (Å²) in [5.41, 5.74) is 8.49. The fourth-order valence-corrected chi connectivity index (χ4v) is 1.73. The van der Waals surface area contributed by atoms with Gasteiger partial charge in [-0.25, -0.2) is 4.98 Å². The van der Waals surface area contributed by atoms with Crippen LogP contribution in [-0.4, -0.2) is 15.9 Å². The van der Waals surface area contributed by atoms with Crippen LogP contribution < -0.4 is 5.73 Å². The van der Waals surface area contributed by atoms with Crippen molar-refractivity contribution in [1.29, 1.82) is 0 Å². The van der Waals surface area contributed by atoms with Crippen molar-refractivity contribution >= 4 is 5.91 Å². The van der Waals surface area contributed by atoms with Crippen molar-refractivity contribution < 1.29 is 4.79 Å². The summed E-state index contributed by atoms with van der Waals surface area (Å²) in [4.78, 5) is 19.8. The molecule has 4 nitrogen and oxygen atoms in total. The number of nitrogens with two attached hydrogens (primary N) is 1. The highest BCUT2D eigenvalue weighted by molar-refractivity contribution is 5.92. The van der Waals surface area contributed by atoms with Gasteiger partial charge < -0.3 is 5.73 Å². The predicted octanol–water partition coefficient (Wildman–Crippen LogP) is 1.86. The summed E-state index contributed by atoms with van der Waals surface area (Å²) >= 11 is 0. The minimum atomic E-state index is -0.549. The summed E-state index contributed by atoms with van der Waals surface area (Å²) in [6, 6.07) is 9.62. The minimum Gasteiger partial charge on any atom is -0.364 e. The van der Waals surface area contributed by atoms with E-state index < -0.39 is 5.91 Å². The molecule has 0 bridgehead atoms. The molecule has 1 aromatic heterocycles. The number of nitrogens with zero attached hydrogens (tertiary/aromatic N) is 2. The number of aryl methyl sites for hydroxylation is 2. The van der Waals surface area contributed by atoms with Crippen molar-refractivity contribution in [2.24, 2.45) is 5.73 Å². The average molecular weight is 227 g/mol. The highest BCUT2D eigenvalue weighted by atomic mass is 16.1. The number of carbonyl (C=O) groups excluding carboxylic acids is 1. The lowest BCUT2D eigenvalue weighted by molar-refractivity contribution is 0.0994. The number of benzene rings is 1. The molecule has 0 spiro atoms. The largest absolute Gasteiger partial charge is 0.364 e. The van der Waals surface area contributed by atoms with Gasteiger partial charge in [0.15, 0.2) is 0 Å². The van der Waals surface area contributed by atoms with Gasteiger partial charge in [-0.2, -0.15) is 0 Å². The molecule has 4 heteroatoms. The Morgan fingerprint density at radius 1 is 1.06 bits per heavy atom. The topological polar surface area (TPSA) is 68.9 Å². The number of amides is 1. The third-order valence-corrected chi connectivity index (χ3v) is 2.53. The molecule has 2 N–H and O–H groups in total. The van der Waals surface area contributed by atoms with Crippen LogP contribution in [0.25, 0.3) is 11.3 Å². The second kappa shape index (κ2) is 4.33. The van der Waals surface area contributed by atoms with Gasteiger partial charge in [0.05, 0.1) is 17.1 Å². The summed E-state index contributed by atoms with van der Waals surface area (Å²) in [6.07, 6.45) is 0. The molecule has 0 atom stereocenters. The van der Waals surface area contributed by atoms with Crippen LogP contribution in [0.15, 0.2) is 30.3 Å². The van der Waals surface area contributed by atoms with Gasteiger partial charge in [0, 0.05) is 5.56 Å². The minimum absolute atomic E-state index is 0.231. The van der Waals surface area contributed by atoms with Gasteiger partial charge >= 0.3 is 0 Å². The Morgan fingerprint density at radius 3 is 2.29 bits per heavy atom. The molecular weight excluding hydrogens is 214 g/mol. The average Bonchev–Trinajstić information content (AvgIpc) is 2.29. The van der Waals surface area contributed by atoms with Gasteiger partial charge in [-0.15, -0.1) is 0 Å². The van der Waals surface area contributed by atoms with Crippen molar-refractivity contribution in [3.8, 4) is 11.3 Å². The SMILES string of the molecule is Cc1nc(C)c(-c2ccccc2)nc1C(N)=O. The quantitative estimate of drug-likeness (QED) is 0.851. The van der Waals surface area contributed by atoms with E-state index in [-0.39, 0.29) is 5.69 Å². The summed E-state index contributed by atoms with van der Waals surface area (Å²) in [7, 11) is 0. The van der Waals surface area contributed by atoms with Crippen molar-refractivity contribution in [3.63, 3.8) is 0 Å². The first-order chi connectivity index (χ1) is 8.09. The van der Waals surface area contributed by atoms with Crippen LogP contribution in [0.1, 0.15) is 21.9 Å². The Balaban J connectivity index is 2.63. The molecule has 0 aliphatic heterocycles. The van der Waals surface area contributed by atoms with Crippen LogP contribution in [0.2, 0.25) is 0 Å². The van der Waals surface area contributed by atoms with Gasteiger partial charge in [-0.05, 0) is 13.8 Å². The van der Waals surface area contributed by atoms with E-state index in [0.717, 1.165) is 11.3 Å². The zero-order chi connectivity index (χ0) is 12.4. The zero-order valence-electron chi connectivity index (χ0n) is 9.77. The third-order valence-electron chi connectivity index (χ3n) is 2.53. The first-order valence-electron chi connectivity index (χ1n) is 5.30. The number of aromatic nitrogens is 2. The molecule has 0 radical (unpaired) electrons. The zero-order valence-corrected chi connectivity index (χ0v) is 9.77. The Hall–Kier alpha value is -2.23. The fourth-order valence-electron chi connectivity index (χ4n) is 1.73. The molecule has 0 aliphatic carbocycles. The van der Waals surface area contributed by atoms with Crippen LogP contribution in [0, 0.1) is 13.8 Å². The van der Waals surface area contributed by atoms with E-state index in [4.69, 9.17) is 5.73 Å². The Kier molecular flexibility index (Phi) is 2.87. The number of rotatable bonds is 2. The molecule has 86 valence electrons. The van der Waals surface area contributed by atoms with E-state index in [9.17, 15) is 4.79 Å². The number of hydrogen-bond donors (Lipinski definition) is 1. The second-order valence-corrected chi connectivity index (χ2v) is 3.82. The standard InChI is InChI=1S/C13H13N3O/c1-8-11(10-6-4-3-5-7-10)16-12(13(14)17)9(2)15-8/h3-7H,1-2H3,(H2,14,17). The molecule has 1 amide bonds. The van der Waals surface area contributed by atoms with Crippen molar-refractivity contribution in [2.75, 3.05) is 0 Å². The maximum atomic E-state index is 11.2. The van der Waals surface area contributed by atoms with Gasteiger partial charge in [0.1, 0.15) is 5.69 Å². The Bertz CT molecular complexity index is 564. The molecule has 2 rings (SSSR count). The number of carbonyl (C=O) groups is 1. The fraction of sp³-hybridized carbons (Fsp3) is 0.154. The smallest absolute Gasteiger partial charge is 0.269 e. The first-order valence-corrected chi connectivity index (χ1v) is 5.30. The highest BCUT2D eigenvalue weighted by Crippen LogP contribution is 2.20.